The van der Waals surface area contributed by atoms with E-state index in [0.717, 1.165) is 0 Å². The molecule has 0 saturated carbocycles. The summed E-state index contributed by atoms with van der Waals surface area (Å²) in [6.45, 7) is 1.05. The van der Waals surface area contributed by atoms with Gasteiger partial charge in [0.2, 0.25) is 5.91 Å². The first-order valence-electron chi connectivity index (χ1n) is 3.32. The summed E-state index contributed by atoms with van der Waals surface area (Å²) in [6.07, 6.45) is 0. The molecule has 4 heteroatoms. The molecule has 0 spiro atoms. The van der Waals surface area contributed by atoms with E-state index < -0.39 is 0 Å². The Balaban J connectivity index is 2.40. The first-order valence-corrected chi connectivity index (χ1v) is 3.32. The number of aliphatic hydroxyl groups is 1. The fourth-order valence-electron chi connectivity index (χ4n) is 0.986. The molecular weight excluding hydrogens is 132 g/mol. The first kappa shape index (κ1) is 7.50. The third-order valence-corrected chi connectivity index (χ3v) is 1.68. The molecule has 0 aromatic rings. The largest absolute Gasteiger partial charge is 0.395 e. The van der Waals surface area contributed by atoms with Gasteiger partial charge in [0.05, 0.1) is 13.2 Å². The number of rotatable bonds is 1. The van der Waals surface area contributed by atoms with Gasteiger partial charge in [-0.05, 0) is 0 Å². The number of likely N-dealkylation sites (N-methyl/N-ethyl adjacent to an activating group) is 1. The van der Waals surface area contributed by atoms with Gasteiger partial charge in [-0.3, -0.25) is 4.79 Å². The van der Waals surface area contributed by atoms with Crippen molar-refractivity contribution in [3.8, 4) is 0 Å². The second-order valence-corrected chi connectivity index (χ2v) is 2.53. The van der Waals surface area contributed by atoms with Crippen molar-refractivity contribution in [1.82, 2.24) is 10.2 Å². The van der Waals surface area contributed by atoms with Gasteiger partial charge in [-0.1, -0.05) is 0 Å². The van der Waals surface area contributed by atoms with Crippen LogP contribution >= 0.6 is 0 Å². The molecule has 1 amide bonds. The quantitative estimate of drug-likeness (QED) is 0.466. The van der Waals surface area contributed by atoms with Gasteiger partial charge >= 0.3 is 0 Å². The molecule has 0 aromatic heterocycles. The highest BCUT2D eigenvalue weighted by molar-refractivity contribution is 5.78. The van der Waals surface area contributed by atoms with Crippen LogP contribution in [-0.2, 0) is 4.79 Å². The van der Waals surface area contributed by atoms with Crippen LogP contribution in [0.3, 0.4) is 0 Å². The molecule has 1 saturated heterocycles. The van der Waals surface area contributed by atoms with Crippen LogP contribution in [-0.4, -0.2) is 48.7 Å². The summed E-state index contributed by atoms with van der Waals surface area (Å²) < 4.78 is 0. The Morgan fingerprint density at radius 1 is 1.90 bits per heavy atom. The lowest BCUT2D eigenvalue weighted by Gasteiger charge is -2.29. The third-order valence-electron chi connectivity index (χ3n) is 1.68. The molecule has 10 heavy (non-hydrogen) atoms. The molecule has 0 radical (unpaired) electrons. The van der Waals surface area contributed by atoms with Crippen LogP contribution in [0.4, 0.5) is 0 Å². The maximum atomic E-state index is 10.8. The molecule has 1 atom stereocenters. The van der Waals surface area contributed by atoms with E-state index in [1.165, 1.54) is 0 Å². The van der Waals surface area contributed by atoms with Crippen molar-refractivity contribution in [1.29, 1.82) is 0 Å². The third kappa shape index (κ3) is 1.46. The number of carbonyl (C=O) groups excluding carboxylic acids is 1. The number of nitrogens with one attached hydrogen (secondary N) is 1. The maximum Gasteiger partial charge on any atom is 0.236 e. The second-order valence-electron chi connectivity index (χ2n) is 2.53. The molecule has 0 bridgehead atoms. The average molecular weight is 144 g/mol. The molecule has 58 valence electrons. The number of carbonyl (C=O) groups is 1. The summed E-state index contributed by atoms with van der Waals surface area (Å²) >= 11 is 0. The zero-order valence-electron chi connectivity index (χ0n) is 6.00. The summed E-state index contributed by atoms with van der Waals surface area (Å²) in [5.41, 5.74) is 0. The molecule has 1 aliphatic rings. The lowest BCUT2D eigenvalue weighted by molar-refractivity contribution is -0.131. The van der Waals surface area contributed by atoms with Crippen molar-refractivity contribution >= 4 is 5.91 Å². The predicted molar refractivity (Wildman–Crippen MR) is 36.5 cm³/mol. The molecule has 1 rings (SSSR count). The minimum absolute atomic E-state index is 0.0581. The molecule has 2 N–H and O–H groups in total. The Kier molecular flexibility index (Phi) is 2.24. The number of piperazine rings is 1. The molecule has 0 aromatic carbocycles. The summed E-state index contributed by atoms with van der Waals surface area (Å²) in [6, 6.07) is 0.0581. The van der Waals surface area contributed by atoms with E-state index in [2.05, 4.69) is 5.32 Å². The first-order chi connectivity index (χ1) is 4.74. The summed E-state index contributed by atoms with van der Waals surface area (Å²) in [5.74, 6) is 0.0877. The molecular formula is C6H12N2O2. The van der Waals surface area contributed by atoms with Crippen LogP contribution in [0.1, 0.15) is 0 Å². The Labute approximate surface area is 59.8 Å². The fourth-order valence-corrected chi connectivity index (χ4v) is 0.986. The van der Waals surface area contributed by atoms with Crippen molar-refractivity contribution in [3.63, 3.8) is 0 Å². The van der Waals surface area contributed by atoms with Gasteiger partial charge in [-0.15, -0.1) is 0 Å². The van der Waals surface area contributed by atoms with Crippen molar-refractivity contribution in [2.45, 2.75) is 6.04 Å². The Bertz CT molecular complexity index is 138. The Morgan fingerprint density at radius 3 is 3.10 bits per heavy atom. The van der Waals surface area contributed by atoms with E-state index in [0.29, 0.717) is 13.1 Å². The lowest BCUT2D eigenvalue weighted by Crippen LogP contribution is -2.53. The molecule has 4 nitrogen and oxygen atoms in total. The summed E-state index contributed by atoms with van der Waals surface area (Å²) in [4.78, 5) is 12.5. The van der Waals surface area contributed by atoms with Crippen LogP contribution in [0, 0.1) is 0 Å². The highest BCUT2D eigenvalue weighted by Gasteiger charge is 2.20. The summed E-state index contributed by atoms with van der Waals surface area (Å²) in [5, 5.41) is 11.6. The standard InChI is InChI=1S/C6H12N2O2/c1-8-3-5(4-9)7-2-6(8)10/h5,7,9H,2-4H2,1H3. The van der Waals surface area contributed by atoms with Crippen LogP contribution in [0.5, 0.6) is 0 Å². The van der Waals surface area contributed by atoms with E-state index >= 15 is 0 Å². The number of aliphatic hydroxyl groups excluding tert-OH is 1. The predicted octanol–water partition coefficient (Wildman–Crippen LogP) is -1.59. The highest BCUT2D eigenvalue weighted by Crippen LogP contribution is 1.95. The molecule has 0 aliphatic carbocycles. The van der Waals surface area contributed by atoms with Gasteiger partial charge in [-0.2, -0.15) is 0 Å². The van der Waals surface area contributed by atoms with E-state index in [1.807, 2.05) is 0 Å². The van der Waals surface area contributed by atoms with Gasteiger partial charge in [0.25, 0.3) is 0 Å². The van der Waals surface area contributed by atoms with Crippen LogP contribution in [0.25, 0.3) is 0 Å². The van der Waals surface area contributed by atoms with E-state index in [9.17, 15) is 4.79 Å². The average Bonchev–Trinajstić information content (AvgIpc) is 1.95. The van der Waals surface area contributed by atoms with Gasteiger partial charge in [0.1, 0.15) is 0 Å². The maximum absolute atomic E-state index is 10.8. The number of hydrogen-bond donors (Lipinski definition) is 2. The van der Waals surface area contributed by atoms with E-state index in [4.69, 9.17) is 5.11 Å². The zero-order valence-corrected chi connectivity index (χ0v) is 6.00. The fraction of sp³-hybridized carbons (Fsp3) is 0.833. The lowest BCUT2D eigenvalue weighted by atomic mass is 10.2. The topological polar surface area (TPSA) is 52.6 Å². The normalized spacial score (nSPS) is 27.2. The monoisotopic (exact) mass is 144 g/mol. The number of amides is 1. The highest BCUT2D eigenvalue weighted by atomic mass is 16.3. The Morgan fingerprint density at radius 2 is 2.60 bits per heavy atom. The van der Waals surface area contributed by atoms with Crippen molar-refractivity contribution in [2.24, 2.45) is 0 Å². The number of nitrogens with zero attached hydrogens (tertiary/aromatic N) is 1. The molecule has 1 fully saturated rings. The van der Waals surface area contributed by atoms with E-state index in [1.54, 1.807) is 11.9 Å². The molecule has 1 unspecified atom stereocenters. The second kappa shape index (κ2) is 2.98. The van der Waals surface area contributed by atoms with Gasteiger partial charge < -0.3 is 15.3 Å². The van der Waals surface area contributed by atoms with Gasteiger partial charge in [-0.25, -0.2) is 0 Å². The van der Waals surface area contributed by atoms with Crippen LogP contribution in [0.15, 0.2) is 0 Å². The summed E-state index contributed by atoms with van der Waals surface area (Å²) in [7, 11) is 1.74. The number of hydrogen-bond acceptors (Lipinski definition) is 3. The minimum Gasteiger partial charge on any atom is -0.395 e. The SMILES string of the molecule is CN1CC(CO)NCC1=O. The molecule has 1 aliphatic heterocycles. The minimum atomic E-state index is 0.0581. The molecule has 1 heterocycles. The Hall–Kier alpha value is -0.610. The van der Waals surface area contributed by atoms with Crippen molar-refractivity contribution < 1.29 is 9.90 Å². The van der Waals surface area contributed by atoms with Crippen LogP contribution < -0.4 is 5.32 Å². The zero-order chi connectivity index (χ0) is 7.56. The van der Waals surface area contributed by atoms with Gasteiger partial charge in [0, 0.05) is 19.6 Å². The smallest absolute Gasteiger partial charge is 0.236 e. The van der Waals surface area contributed by atoms with Crippen LogP contribution in [0.2, 0.25) is 0 Å². The van der Waals surface area contributed by atoms with Crippen molar-refractivity contribution in [2.75, 3.05) is 26.7 Å². The van der Waals surface area contributed by atoms with E-state index in [-0.39, 0.29) is 18.6 Å². The van der Waals surface area contributed by atoms with Crippen molar-refractivity contribution in [3.05, 3.63) is 0 Å². The van der Waals surface area contributed by atoms with Gasteiger partial charge in [0.15, 0.2) is 0 Å².